The number of halogens is 1. The van der Waals surface area contributed by atoms with Crippen molar-refractivity contribution in [1.82, 2.24) is 0 Å². The number of nitrogens with zero attached hydrogens (tertiary/aromatic N) is 2. The van der Waals surface area contributed by atoms with Gasteiger partial charge in [-0.05, 0) is 50.5 Å². The number of hydrogen-bond donors (Lipinski definition) is 1. The van der Waals surface area contributed by atoms with Crippen molar-refractivity contribution in [3.63, 3.8) is 0 Å². The smallest absolute Gasteiger partial charge is 0.271 e. The largest absolute Gasteiger partial charge is 0.346 e. The maximum atomic E-state index is 11.7. The number of aryl methyl sites for hydroxylation is 1. The van der Waals surface area contributed by atoms with Crippen molar-refractivity contribution in [3.05, 3.63) is 64.7 Å². The molecule has 1 atom stereocenters. The summed E-state index contributed by atoms with van der Waals surface area (Å²) in [5.74, 6) is 1.22. The number of aliphatic hydroxyl groups is 1. The fraction of sp³-hybridized carbons (Fsp3) is 0.381. The van der Waals surface area contributed by atoms with E-state index < -0.39 is 5.72 Å². The first-order valence-corrected chi connectivity index (χ1v) is 9.42. The standard InChI is InChI=1S/C21H24ClN2O/c1-16-6-8-17(9-7-16)21(25)15-23(19-12-10-18(22)11-13-19)20-5-3-2-4-14-24(20)21/h6-13,25H,2-5,14-15H2,1H3/q+1. The van der Waals surface area contributed by atoms with Crippen molar-refractivity contribution in [3.8, 4) is 0 Å². The Bertz CT molecular complexity index is 798. The molecule has 2 aromatic rings. The first-order valence-electron chi connectivity index (χ1n) is 9.04. The molecule has 130 valence electrons. The Morgan fingerprint density at radius 2 is 1.72 bits per heavy atom. The minimum Gasteiger partial charge on any atom is -0.346 e. The quantitative estimate of drug-likeness (QED) is 0.813. The zero-order chi connectivity index (χ0) is 17.4. The number of anilines is 1. The van der Waals surface area contributed by atoms with Gasteiger partial charge < -0.3 is 5.11 Å². The number of rotatable bonds is 2. The lowest BCUT2D eigenvalue weighted by atomic mass is 10.0. The molecule has 0 saturated carbocycles. The topological polar surface area (TPSA) is 26.5 Å². The van der Waals surface area contributed by atoms with Crippen LogP contribution in [0.25, 0.3) is 0 Å². The third-order valence-corrected chi connectivity index (χ3v) is 5.63. The van der Waals surface area contributed by atoms with Crippen LogP contribution in [0.2, 0.25) is 5.02 Å². The van der Waals surface area contributed by atoms with Crippen LogP contribution in [-0.2, 0) is 5.72 Å². The van der Waals surface area contributed by atoms with E-state index >= 15 is 0 Å². The second kappa shape index (κ2) is 6.47. The molecule has 25 heavy (non-hydrogen) atoms. The van der Waals surface area contributed by atoms with Crippen LogP contribution in [0.4, 0.5) is 5.69 Å². The van der Waals surface area contributed by atoms with Crippen LogP contribution in [-0.4, -0.2) is 28.6 Å². The van der Waals surface area contributed by atoms with E-state index in [2.05, 4.69) is 40.7 Å². The van der Waals surface area contributed by atoms with Crippen molar-refractivity contribution >= 4 is 23.1 Å². The lowest BCUT2D eigenvalue weighted by molar-refractivity contribution is -0.658. The van der Waals surface area contributed by atoms with Gasteiger partial charge in [0.2, 0.25) is 0 Å². The third-order valence-electron chi connectivity index (χ3n) is 5.38. The molecule has 2 heterocycles. The monoisotopic (exact) mass is 355 g/mol. The number of β-amino-alcohol motifs (C(OH)–C–C–N with tert-alkyl or cyclic N) is 1. The highest BCUT2D eigenvalue weighted by atomic mass is 35.5. The van der Waals surface area contributed by atoms with Gasteiger partial charge in [-0.25, -0.2) is 9.48 Å². The average molecular weight is 356 g/mol. The van der Waals surface area contributed by atoms with Crippen LogP contribution in [0.1, 0.15) is 36.8 Å². The normalized spacial score (nSPS) is 23.6. The van der Waals surface area contributed by atoms with Gasteiger partial charge in [-0.1, -0.05) is 41.4 Å². The molecule has 4 heteroatoms. The van der Waals surface area contributed by atoms with Crippen molar-refractivity contribution in [2.75, 3.05) is 18.0 Å². The molecule has 0 aromatic heterocycles. The summed E-state index contributed by atoms with van der Waals surface area (Å²) >= 11 is 6.06. The summed E-state index contributed by atoms with van der Waals surface area (Å²) in [6.45, 7) is 3.52. The first-order chi connectivity index (χ1) is 12.1. The predicted molar refractivity (Wildman–Crippen MR) is 102 cm³/mol. The van der Waals surface area contributed by atoms with Crippen molar-refractivity contribution in [1.29, 1.82) is 0 Å². The van der Waals surface area contributed by atoms with E-state index in [9.17, 15) is 5.11 Å². The Labute approximate surface area is 154 Å². The van der Waals surface area contributed by atoms with Crippen LogP contribution < -0.4 is 4.90 Å². The minimum absolute atomic E-state index is 0.549. The lowest BCUT2D eigenvalue weighted by Crippen LogP contribution is -2.41. The Morgan fingerprint density at radius 1 is 1.00 bits per heavy atom. The van der Waals surface area contributed by atoms with Crippen LogP contribution in [0.15, 0.2) is 48.5 Å². The van der Waals surface area contributed by atoms with Gasteiger partial charge in [-0.3, -0.25) is 0 Å². The zero-order valence-electron chi connectivity index (χ0n) is 14.6. The second-order valence-corrected chi connectivity index (χ2v) is 7.56. The molecule has 1 N–H and O–H groups in total. The van der Waals surface area contributed by atoms with Crippen LogP contribution in [0.5, 0.6) is 0 Å². The molecule has 2 aliphatic rings. The molecular formula is C21H24ClN2O+. The van der Waals surface area contributed by atoms with E-state index in [1.165, 1.54) is 24.2 Å². The van der Waals surface area contributed by atoms with Gasteiger partial charge in [0.15, 0.2) is 6.54 Å². The van der Waals surface area contributed by atoms with Gasteiger partial charge in [0.05, 0.1) is 6.54 Å². The molecule has 0 saturated heterocycles. The summed E-state index contributed by atoms with van der Waals surface area (Å²) in [5.41, 5.74) is 2.29. The Hall–Kier alpha value is -1.84. The summed E-state index contributed by atoms with van der Waals surface area (Å²) in [4.78, 5) is 2.27. The summed E-state index contributed by atoms with van der Waals surface area (Å²) in [5, 5.41) is 12.4. The Morgan fingerprint density at radius 3 is 2.44 bits per heavy atom. The molecule has 2 aliphatic heterocycles. The van der Waals surface area contributed by atoms with E-state index in [4.69, 9.17) is 11.6 Å². The zero-order valence-corrected chi connectivity index (χ0v) is 15.3. The predicted octanol–water partition coefficient (Wildman–Crippen LogP) is 4.30. The van der Waals surface area contributed by atoms with E-state index in [1.54, 1.807) is 0 Å². The molecule has 0 spiro atoms. The molecule has 2 aromatic carbocycles. The van der Waals surface area contributed by atoms with Crippen molar-refractivity contribution in [2.24, 2.45) is 0 Å². The summed E-state index contributed by atoms with van der Waals surface area (Å²) in [7, 11) is 0. The molecule has 0 aliphatic carbocycles. The molecular weight excluding hydrogens is 332 g/mol. The SMILES string of the molecule is Cc1ccc(C2(O)CN(c3ccc(Cl)cc3)C3=[N+]2CCCCC3)cc1. The average Bonchev–Trinajstić information content (AvgIpc) is 2.78. The molecule has 0 bridgehead atoms. The summed E-state index contributed by atoms with van der Waals surface area (Å²) in [6.07, 6.45) is 4.49. The van der Waals surface area contributed by atoms with E-state index in [0.717, 1.165) is 35.7 Å². The van der Waals surface area contributed by atoms with Gasteiger partial charge in [-0.2, -0.15) is 0 Å². The molecule has 4 rings (SSSR count). The molecule has 1 unspecified atom stereocenters. The molecule has 0 radical (unpaired) electrons. The fourth-order valence-corrected chi connectivity index (χ4v) is 4.12. The van der Waals surface area contributed by atoms with Crippen LogP contribution >= 0.6 is 11.6 Å². The number of benzene rings is 2. The minimum atomic E-state index is -0.979. The highest BCUT2D eigenvalue weighted by Crippen LogP contribution is 2.35. The van der Waals surface area contributed by atoms with E-state index in [-0.39, 0.29) is 0 Å². The van der Waals surface area contributed by atoms with E-state index in [0.29, 0.717) is 6.54 Å². The molecule has 0 fully saturated rings. The number of hydrogen-bond acceptors (Lipinski definition) is 2. The van der Waals surface area contributed by atoms with E-state index in [1.807, 2.05) is 24.3 Å². The summed E-state index contributed by atoms with van der Waals surface area (Å²) in [6, 6.07) is 16.2. The maximum Gasteiger partial charge on any atom is 0.271 e. The highest BCUT2D eigenvalue weighted by molar-refractivity contribution is 6.30. The highest BCUT2D eigenvalue weighted by Gasteiger charge is 2.51. The van der Waals surface area contributed by atoms with Gasteiger partial charge >= 0.3 is 0 Å². The molecule has 0 amide bonds. The fourth-order valence-electron chi connectivity index (χ4n) is 4.00. The summed E-state index contributed by atoms with van der Waals surface area (Å²) < 4.78 is 2.22. The van der Waals surface area contributed by atoms with Crippen molar-refractivity contribution < 1.29 is 9.68 Å². The Balaban J connectivity index is 1.79. The Kier molecular flexibility index (Phi) is 4.30. The second-order valence-electron chi connectivity index (χ2n) is 7.12. The van der Waals surface area contributed by atoms with Crippen molar-refractivity contribution in [2.45, 2.75) is 38.3 Å². The maximum absolute atomic E-state index is 11.7. The van der Waals surface area contributed by atoms with Crippen LogP contribution in [0, 0.1) is 6.92 Å². The van der Waals surface area contributed by atoms with Gasteiger partial charge in [0, 0.05) is 17.0 Å². The van der Waals surface area contributed by atoms with Gasteiger partial charge in [0.1, 0.15) is 5.69 Å². The van der Waals surface area contributed by atoms with Gasteiger partial charge in [0.25, 0.3) is 11.6 Å². The first kappa shape index (κ1) is 16.6. The van der Waals surface area contributed by atoms with Gasteiger partial charge in [-0.15, -0.1) is 0 Å². The lowest BCUT2D eigenvalue weighted by Gasteiger charge is -2.23. The van der Waals surface area contributed by atoms with Crippen LogP contribution in [0.3, 0.4) is 0 Å². The molecule has 3 nitrogen and oxygen atoms in total. The number of amidine groups is 1. The third kappa shape index (κ3) is 2.96.